The maximum absolute atomic E-state index is 13.3. The molecule has 2 aromatic carbocycles. The van der Waals surface area contributed by atoms with E-state index in [0.717, 1.165) is 5.69 Å². The van der Waals surface area contributed by atoms with Gasteiger partial charge in [0.25, 0.3) is 0 Å². The molecule has 0 aromatic heterocycles. The minimum Gasteiger partial charge on any atom is -0.378 e. The second-order valence-electron chi connectivity index (χ2n) is 4.03. The van der Waals surface area contributed by atoms with Gasteiger partial charge in [-0.3, -0.25) is 4.79 Å². The molecule has 0 unspecified atom stereocenters. The molecule has 0 aliphatic heterocycles. The summed E-state index contributed by atoms with van der Waals surface area (Å²) in [4.78, 5) is 11.7. The summed E-state index contributed by atoms with van der Waals surface area (Å²) in [5, 5.41) is 3.01. The molecule has 0 saturated carbocycles. The lowest BCUT2D eigenvalue weighted by atomic mass is 10.1. The highest BCUT2D eigenvalue weighted by molar-refractivity contribution is 5.85. The van der Waals surface area contributed by atoms with Crippen molar-refractivity contribution < 1.29 is 9.18 Å². The average Bonchev–Trinajstić information content (AvgIpc) is 2.40. The van der Waals surface area contributed by atoms with E-state index in [2.05, 4.69) is 5.32 Å². The average molecular weight is 243 g/mol. The van der Waals surface area contributed by atoms with Gasteiger partial charge in [0.15, 0.2) is 5.78 Å². The quantitative estimate of drug-likeness (QED) is 0.874. The van der Waals surface area contributed by atoms with Crippen molar-refractivity contribution in [2.75, 3.05) is 11.9 Å². The largest absolute Gasteiger partial charge is 0.378 e. The third-order valence-electron chi connectivity index (χ3n) is 2.61. The summed E-state index contributed by atoms with van der Waals surface area (Å²) in [5.74, 6) is -0.366. The van der Waals surface area contributed by atoms with Gasteiger partial charge in [-0.1, -0.05) is 36.4 Å². The first kappa shape index (κ1) is 12.3. The number of halogens is 1. The lowest BCUT2D eigenvalue weighted by Crippen LogP contribution is -2.16. The Morgan fingerprint density at radius 3 is 2.39 bits per heavy atom. The van der Waals surface area contributed by atoms with E-state index < -0.39 is 0 Å². The van der Waals surface area contributed by atoms with Crippen LogP contribution in [0.5, 0.6) is 0 Å². The van der Waals surface area contributed by atoms with E-state index in [0.29, 0.717) is 5.56 Å². The standard InChI is InChI=1S/C15H14FNO/c16-15-9-5-4-6-12(15)10-14(18)11-17-13-7-2-1-3-8-13/h1-9,17H,10-11H2. The Morgan fingerprint density at radius 1 is 1.00 bits per heavy atom. The Labute approximate surface area is 105 Å². The van der Waals surface area contributed by atoms with Gasteiger partial charge < -0.3 is 5.32 Å². The first-order valence-electron chi connectivity index (χ1n) is 5.80. The summed E-state index contributed by atoms with van der Waals surface area (Å²) in [6, 6.07) is 15.8. The number of hydrogen-bond acceptors (Lipinski definition) is 2. The summed E-state index contributed by atoms with van der Waals surface area (Å²) >= 11 is 0. The fourth-order valence-electron chi connectivity index (χ4n) is 1.67. The van der Waals surface area contributed by atoms with Gasteiger partial charge in [0, 0.05) is 12.1 Å². The molecule has 0 saturated heterocycles. The van der Waals surface area contributed by atoms with Gasteiger partial charge in [-0.05, 0) is 23.8 Å². The van der Waals surface area contributed by atoms with Crippen LogP contribution in [-0.4, -0.2) is 12.3 Å². The normalized spacial score (nSPS) is 10.1. The molecule has 0 atom stereocenters. The fraction of sp³-hybridized carbons (Fsp3) is 0.133. The van der Waals surface area contributed by atoms with Gasteiger partial charge in [-0.2, -0.15) is 0 Å². The summed E-state index contributed by atoms with van der Waals surface area (Å²) in [7, 11) is 0. The number of ketones is 1. The zero-order chi connectivity index (χ0) is 12.8. The van der Waals surface area contributed by atoms with Crippen LogP contribution in [0.4, 0.5) is 10.1 Å². The maximum Gasteiger partial charge on any atom is 0.156 e. The number of para-hydroxylation sites is 1. The third kappa shape index (κ3) is 3.42. The molecule has 3 heteroatoms. The fourth-order valence-corrected chi connectivity index (χ4v) is 1.67. The predicted molar refractivity (Wildman–Crippen MR) is 70.0 cm³/mol. The summed E-state index contributed by atoms with van der Waals surface area (Å²) in [6.45, 7) is 0.207. The highest BCUT2D eigenvalue weighted by Crippen LogP contribution is 2.08. The van der Waals surface area contributed by atoms with Crippen LogP contribution in [0.25, 0.3) is 0 Å². The van der Waals surface area contributed by atoms with E-state index in [4.69, 9.17) is 0 Å². The Balaban J connectivity index is 1.88. The molecule has 0 bridgehead atoms. The van der Waals surface area contributed by atoms with E-state index >= 15 is 0 Å². The molecule has 18 heavy (non-hydrogen) atoms. The number of rotatable bonds is 5. The van der Waals surface area contributed by atoms with Crippen molar-refractivity contribution >= 4 is 11.5 Å². The van der Waals surface area contributed by atoms with Crippen LogP contribution in [0.3, 0.4) is 0 Å². The number of Topliss-reactive ketones (excluding diaryl/α,β-unsaturated/α-hetero) is 1. The Kier molecular flexibility index (Phi) is 4.07. The Morgan fingerprint density at radius 2 is 1.67 bits per heavy atom. The highest BCUT2D eigenvalue weighted by atomic mass is 19.1. The molecule has 1 N–H and O–H groups in total. The zero-order valence-corrected chi connectivity index (χ0v) is 9.90. The van der Waals surface area contributed by atoms with Crippen LogP contribution in [0, 0.1) is 5.82 Å². The molecule has 2 rings (SSSR count). The SMILES string of the molecule is O=C(CNc1ccccc1)Cc1ccccc1F. The number of anilines is 1. The minimum atomic E-state index is -0.328. The molecule has 0 heterocycles. The molecule has 0 amide bonds. The van der Waals surface area contributed by atoms with Gasteiger partial charge in [0.05, 0.1) is 6.54 Å². The third-order valence-corrected chi connectivity index (χ3v) is 2.61. The summed E-state index contributed by atoms with van der Waals surface area (Å²) in [5.41, 5.74) is 1.33. The number of carbonyl (C=O) groups is 1. The first-order valence-corrected chi connectivity index (χ1v) is 5.80. The van der Waals surface area contributed by atoms with Crippen LogP contribution in [0.15, 0.2) is 54.6 Å². The van der Waals surface area contributed by atoms with Gasteiger partial charge in [0.1, 0.15) is 5.82 Å². The number of carbonyl (C=O) groups excluding carboxylic acids is 1. The Hall–Kier alpha value is -2.16. The minimum absolute atomic E-state index is 0.0380. The summed E-state index contributed by atoms with van der Waals surface area (Å²) < 4.78 is 13.3. The molecule has 0 aliphatic carbocycles. The van der Waals surface area contributed by atoms with Crippen molar-refractivity contribution in [2.24, 2.45) is 0 Å². The van der Waals surface area contributed by atoms with Crippen LogP contribution in [-0.2, 0) is 11.2 Å². The van der Waals surface area contributed by atoms with Crippen molar-refractivity contribution in [3.8, 4) is 0 Å². The smallest absolute Gasteiger partial charge is 0.156 e. The molecule has 2 aromatic rings. The zero-order valence-electron chi connectivity index (χ0n) is 9.90. The van der Waals surface area contributed by atoms with Crippen molar-refractivity contribution in [3.63, 3.8) is 0 Å². The number of hydrogen-bond donors (Lipinski definition) is 1. The van der Waals surface area contributed by atoms with Crippen molar-refractivity contribution in [2.45, 2.75) is 6.42 Å². The van der Waals surface area contributed by atoms with Crippen molar-refractivity contribution in [3.05, 3.63) is 66.0 Å². The van der Waals surface area contributed by atoms with Gasteiger partial charge in [-0.15, -0.1) is 0 Å². The Bertz CT molecular complexity index is 525. The summed E-state index contributed by atoms with van der Waals surface area (Å²) in [6.07, 6.45) is 0.118. The molecule has 92 valence electrons. The van der Waals surface area contributed by atoms with E-state index in [9.17, 15) is 9.18 Å². The molecule has 0 spiro atoms. The highest BCUT2D eigenvalue weighted by Gasteiger charge is 2.07. The molecular weight excluding hydrogens is 229 g/mol. The predicted octanol–water partition coefficient (Wildman–Crippen LogP) is 3.05. The van der Waals surface area contributed by atoms with E-state index in [1.165, 1.54) is 6.07 Å². The maximum atomic E-state index is 13.3. The van der Waals surface area contributed by atoms with E-state index in [1.54, 1.807) is 18.2 Å². The van der Waals surface area contributed by atoms with Crippen LogP contribution in [0.2, 0.25) is 0 Å². The molecule has 0 fully saturated rings. The van der Waals surface area contributed by atoms with E-state index in [-0.39, 0.29) is 24.6 Å². The van der Waals surface area contributed by atoms with Crippen molar-refractivity contribution in [1.82, 2.24) is 0 Å². The molecule has 0 radical (unpaired) electrons. The first-order chi connectivity index (χ1) is 8.75. The second kappa shape index (κ2) is 5.96. The van der Waals surface area contributed by atoms with Crippen LogP contribution < -0.4 is 5.32 Å². The number of benzene rings is 2. The van der Waals surface area contributed by atoms with Gasteiger partial charge >= 0.3 is 0 Å². The lowest BCUT2D eigenvalue weighted by molar-refractivity contribution is -0.116. The van der Waals surface area contributed by atoms with E-state index in [1.807, 2.05) is 30.3 Å². The van der Waals surface area contributed by atoms with Crippen LogP contribution in [0.1, 0.15) is 5.56 Å². The monoisotopic (exact) mass is 243 g/mol. The van der Waals surface area contributed by atoms with Gasteiger partial charge in [0.2, 0.25) is 0 Å². The second-order valence-corrected chi connectivity index (χ2v) is 4.03. The van der Waals surface area contributed by atoms with Gasteiger partial charge in [-0.25, -0.2) is 4.39 Å². The van der Waals surface area contributed by atoms with Crippen LogP contribution >= 0.6 is 0 Å². The van der Waals surface area contributed by atoms with Crippen molar-refractivity contribution in [1.29, 1.82) is 0 Å². The lowest BCUT2D eigenvalue weighted by Gasteiger charge is -2.06. The molecule has 0 aliphatic rings. The molecule has 2 nitrogen and oxygen atoms in total. The topological polar surface area (TPSA) is 29.1 Å². The molecular formula is C15H14FNO. The number of nitrogens with one attached hydrogen (secondary N) is 1.